The van der Waals surface area contributed by atoms with Gasteiger partial charge in [-0.15, -0.1) is 0 Å². The first kappa shape index (κ1) is 13.4. The van der Waals surface area contributed by atoms with Gasteiger partial charge < -0.3 is 14.8 Å². The molecule has 0 aliphatic heterocycles. The van der Waals surface area contributed by atoms with Crippen molar-refractivity contribution in [3.05, 3.63) is 0 Å². The minimum absolute atomic E-state index is 0.149. The van der Waals surface area contributed by atoms with E-state index in [0.29, 0.717) is 19.1 Å². The van der Waals surface area contributed by atoms with E-state index in [0.717, 1.165) is 19.6 Å². The quantitative estimate of drug-likeness (QED) is 0.471. The molecule has 1 unspecified atom stereocenters. The lowest BCUT2D eigenvalue weighted by Crippen LogP contribution is -2.31. The maximum absolute atomic E-state index is 10.8. The van der Waals surface area contributed by atoms with E-state index in [1.807, 2.05) is 6.92 Å². The Balaban J connectivity index is 3.22. The zero-order valence-corrected chi connectivity index (χ0v) is 9.34. The van der Waals surface area contributed by atoms with Crippen molar-refractivity contribution in [3.63, 3.8) is 0 Å². The van der Waals surface area contributed by atoms with Crippen molar-refractivity contribution in [1.82, 2.24) is 5.32 Å². The number of carbonyl (C=O) groups is 1. The van der Waals surface area contributed by atoms with Gasteiger partial charge in [-0.3, -0.25) is 4.79 Å². The minimum Gasteiger partial charge on any atom is -0.469 e. The average Bonchev–Trinajstić information content (AvgIpc) is 2.21. The third-order valence-corrected chi connectivity index (χ3v) is 1.85. The molecule has 0 heterocycles. The summed E-state index contributed by atoms with van der Waals surface area (Å²) in [6.45, 7) is 6.32. The first-order chi connectivity index (χ1) is 6.70. The van der Waals surface area contributed by atoms with Gasteiger partial charge in [0, 0.05) is 19.1 Å². The second-order valence-electron chi connectivity index (χ2n) is 3.19. The van der Waals surface area contributed by atoms with E-state index in [2.05, 4.69) is 17.0 Å². The van der Waals surface area contributed by atoms with Gasteiger partial charge in [0.05, 0.1) is 13.7 Å². The van der Waals surface area contributed by atoms with Gasteiger partial charge >= 0.3 is 5.97 Å². The molecule has 4 heteroatoms. The van der Waals surface area contributed by atoms with E-state index in [4.69, 9.17) is 4.74 Å². The van der Waals surface area contributed by atoms with E-state index >= 15 is 0 Å². The van der Waals surface area contributed by atoms with Gasteiger partial charge in [-0.2, -0.15) is 0 Å². The van der Waals surface area contributed by atoms with Crippen LogP contribution in [0.2, 0.25) is 0 Å². The SMILES string of the molecule is CCOCC(C)NCCCC(=O)OC. The van der Waals surface area contributed by atoms with Crippen molar-refractivity contribution in [2.45, 2.75) is 32.7 Å². The monoisotopic (exact) mass is 203 g/mol. The molecule has 0 aliphatic rings. The van der Waals surface area contributed by atoms with Crippen LogP contribution in [0.3, 0.4) is 0 Å². The van der Waals surface area contributed by atoms with E-state index in [9.17, 15) is 4.79 Å². The van der Waals surface area contributed by atoms with Gasteiger partial charge in [0.25, 0.3) is 0 Å². The van der Waals surface area contributed by atoms with Crippen molar-refractivity contribution in [3.8, 4) is 0 Å². The second kappa shape index (κ2) is 8.97. The average molecular weight is 203 g/mol. The highest BCUT2D eigenvalue weighted by Gasteiger charge is 2.02. The van der Waals surface area contributed by atoms with E-state index < -0.39 is 0 Å². The molecule has 0 aromatic heterocycles. The van der Waals surface area contributed by atoms with Crippen LogP contribution in [0.25, 0.3) is 0 Å². The Morgan fingerprint density at radius 3 is 2.79 bits per heavy atom. The summed E-state index contributed by atoms with van der Waals surface area (Å²) >= 11 is 0. The molecule has 0 aromatic carbocycles. The van der Waals surface area contributed by atoms with Gasteiger partial charge in [-0.1, -0.05) is 0 Å². The van der Waals surface area contributed by atoms with Gasteiger partial charge in [0.2, 0.25) is 0 Å². The zero-order chi connectivity index (χ0) is 10.8. The molecule has 0 saturated carbocycles. The molecular formula is C10H21NO3. The molecule has 0 fully saturated rings. The van der Waals surface area contributed by atoms with Crippen molar-refractivity contribution in [2.75, 3.05) is 26.9 Å². The van der Waals surface area contributed by atoms with Crippen LogP contribution in [0, 0.1) is 0 Å². The summed E-state index contributed by atoms with van der Waals surface area (Å²) in [4.78, 5) is 10.8. The largest absolute Gasteiger partial charge is 0.469 e. The normalized spacial score (nSPS) is 12.5. The zero-order valence-electron chi connectivity index (χ0n) is 9.34. The highest BCUT2D eigenvalue weighted by molar-refractivity contribution is 5.69. The topological polar surface area (TPSA) is 47.6 Å². The van der Waals surface area contributed by atoms with Crippen LogP contribution in [-0.2, 0) is 14.3 Å². The predicted octanol–water partition coefficient (Wildman–Crippen LogP) is 0.954. The minimum atomic E-state index is -0.149. The first-order valence-corrected chi connectivity index (χ1v) is 5.08. The number of hydrogen-bond acceptors (Lipinski definition) is 4. The van der Waals surface area contributed by atoms with Gasteiger partial charge in [0.15, 0.2) is 0 Å². The first-order valence-electron chi connectivity index (χ1n) is 5.08. The molecule has 14 heavy (non-hydrogen) atoms. The fraction of sp³-hybridized carbons (Fsp3) is 0.900. The number of ether oxygens (including phenoxy) is 2. The lowest BCUT2D eigenvalue weighted by molar-refractivity contribution is -0.140. The fourth-order valence-electron chi connectivity index (χ4n) is 1.04. The van der Waals surface area contributed by atoms with Crippen LogP contribution in [0.15, 0.2) is 0 Å². The Bertz CT molecular complexity index is 150. The van der Waals surface area contributed by atoms with Gasteiger partial charge in [-0.05, 0) is 26.8 Å². The molecule has 0 aromatic rings. The van der Waals surface area contributed by atoms with Crippen LogP contribution >= 0.6 is 0 Å². The Kier molecular flexibility index (Phi) is 8.57. The summed E-state index contributed by atoms with van der Waals surface area (Å²) in [5.41, 5.74) is 0. The molecular weight excluding hydrogens is 182 g/mol. The number of rotatable bonds is 8. The Hall–Kier alpha value is -0.610. The molecule has 0 spiro atoms. The predicted molar refractivity (Wildman–Crippen MR) is 55.2 cm³/mol. The summed E-state index contributed by atoms with van der Waals surface area (Å²) < 4.78 is 9.77. The summed E-state index contributed by atoms with van der Waals surface area (Å²) in [6.07, 6.45) is 1.29. The molecule has 0 saturated heterocycles. The van der Waals surface area contributed by atoms with E-state index in [-0.39, 0.29) is 5.97 Å². The van der Waals surface area contributed by atoms with Crippen LogP contribution in [-0.4, -0.2) is 38.9 Å². The molecule has 84 valence electrons. The van der Waals surface area contributed by atoms with Gasteiger partial charge in [0.1, 0.15) is 0 Å². The summed E-state index contributed by atoms with van der Waals surface area (Å²) in [6, 6.07) is 0.340. The van der Waals surface area contributed by atoms with Crippen LogP contribution in [0.5, 0.6) is 0 Å². The fourth-order valence-corrected chi connectivity index (χ4v) is 1.04. The van der Waals surface area contributed by atoms with Crippen molar-refractivity contribution >= 4 is 5.97 Å². The van der Waals surface area contributed by atoms with Crippen LogP contribution in [0.4, 0.5) is 0 Å². The Labute approximate surface area is 86.0 Å². The molecule has 0 amide bonds. The highest BCUT2D eigenvalue weighted by atomic mass is 16.5. The molecule has 4 nitrogen and oxygen atoms in total. The number of nitrogens with one attached hydrogen (secondary N) is 1. The number of methoxy groups -OCH3 is 1. The summed E-state index contributed by atoms with van der Waals surface area (Å²) in [5, 5.41) is 3.26. The van der Waals surface area contributed by atoms with Crippen molar-refractivity contribution < 1.29 is 14.3 Å². The smallest absolute Gasteiger partial charge is 0.305 e. The Morgan fingerprint density at radius 2 is 2.21 bits per heavy atom. The number of carbonyl (C=O) groups excluding carboxylic acids is 1. The molecule has 1 atom stereocenters. The molecule has 0 radical (unpaired) electrons. The third-order valence-electron chi connectivity index (χ3n) is 1.85. The molecule has 1 N–H and O–H groups in total. The lowest BCUT2D eigenvalue weighted by Gasteiger charge is -2.12. The van der Waals surface area contributed by atoms with E-state index in [1.165, 1.54) is 7.11 Å². The lowest BCUT2D eigenvalue weighted by atomic mass is 10.3. The Morgan fingerprint density at radius 1 is 1.50 bits per heavy atom. The van der Waals surface area contributed by atoms with Gasteiger partial charge in [-0.25, -0.2) is 0 Å². The molecule has 0 aliphatic carbocycles. The second-order valence-corrected chi connectivity index (χ2v) is 3.19. The van der Waals surface area contributed by atoms with Crippen molar-refractivity contribution in [1.29, 1.82) is 0 Å². The number of hydrogen-bond donors (Lipinski definition) is 1. The van der Waals surface area contributed by atoms with E-state index in [1.54, 1.807) is 0 Å². The van der Waals surface area contributed by atoms with Crippen LogP contribution in [0.1, 0.15) is 26.7 Å². The maximum Gasteiger partial charge on any atom is 0.305 e. The van der Waals surface area contributed by atoms with Crippen molar-refractivity contribution in [2.24, 2.45) is 0 Å². The summed E-state index contributed by atoms with van der Waals surface area (Å²) in [7, 11) is 1.41. The maximum atomic E-state index is 10.8. The highest BCUT2D eigenvalue weighted by Crippen LogP contribution is 1.91. The number of esters is 1. The van der Waals surface area contributed by atoms with Crippen LogP contribution < -0.4 is 5.32 Å². The molecule has 0 bridgehead atoms. The molecule has 0 rings (SSSR count). The standard InChI is InChI=1S/C10H21NO3/c1-4-14-8-9(2)11-7-5-6-10(12)13-3/h9,11H,4-8H2,1-3H3. The summed E-state index contributed by atoms with van der Waals surface area (Å²) in [5.74, 6) is -0.149. The third kappa shape index (κ3) is 8.01.